The number of benzene rings is 4. The van der Waals surface area contributed by atoms with Gasteiger partial charge in [-0.2, -0.15) is 0 Å². The van der Waals surface area contributed by atoms with Gasteiger partial charge in [-0.3, -0.25) is 14.5 Å². The molecule has 1 aliphatic heterocycles. The molecule has 0 saturated carbocycles. The average Bonchev–Trinajstić information content (AvgIpc) is 3.29. The molecule has 1 heterocycles. The van der Waals surface area contributed by atoms with E-state index in [0.29, 0.717) is 17.8 Å². The second-order valence-corrected chi connectivity index (χ2v) is 9.12. The fourth-order valence-electron chi connectivity index (χ4n) is 4.48. The fraction of sp³-hybridized carbons (Fsp3) is 0.129. The number of carbonyl (C=O) groups is 3. The monoisotopic (exact) mass is 523 g/mol. The van der Waals surface area contributed by atoms with E-state index in [1.165, 1.54) is 23.1 Å². The lowest BCUT2D eigenvalue weighted by Gasteiger charge is -2.24. The summed E-state index contributed by atoms with van der Waals surface area (Å²) in [5.41, 5.74) is 2.74. The van der Waals surface area contributed by atoms with Gasteiger partial charge in [-0.1, -0.05) is 84.9 Å². The maximum atomic E-state index is 14.0. The molecule has 8 heteroatoms. The first kappa shape index (κ1) is 25.7. The molecule has 2 N–H and O–H groups in total. The number of amides is 3. The number of cyclic esters (lactones) is 1. The molecule has 0 aliphatic carbocycles. The highest BCUT2D eigenvalue weighted by molar-refractivity contribution is 6.04. The van der Waals surface area contributed by atoms with Crippen molar-refractivity contribution >= 4 is 23.6 Å². The Bertz CT molecular complexity index is 1460. The van der Waals surface area contributed by atoms with Gasteiger partial charge in [0, 0.05) is 12.2 Å². The number of carbonyl (C=O) groups excluding carboxylic acids is 3. The molecule has 1 fully saturated rings. The SMILES string of the molecule is O=C(Nc1ccc(C2OC(=O)N(Cc3ccccc3)C2C(=O)NCc2ccccc2)cc1)c1ccccc1F. The van der Waals surface area contributed by atoms with Crippen molar-refractivity contribution in [1.29, 1.82) is 0 Å². The molecule has 39 heavy (non-hydrogen) atoms. The number of anilines is 1. The lowest BCUT2D eigenvalue weighted by molar-refractivity contribution is -0.126. The molecular weight excluding hydrogens is 497 g/mol. The van der Waals surface area contributed by atoms with Crippen molar-refractivity contribution < 1.29 is 23.5 Å². The van der Waals surface area contributed by atoms with Gasteiger partial charge < -0.3 is 15.4 Å². The summed E-state index contributed by atoms with van der Waals surface area (Å²) in [5, 5.41) is 5.60. The molecule has 7 nitrogen and oxygen atoms in total. The zero-order valence-electron chi connectivity index (χ0n) is 20.9. The molecule has 3 amide bonds. The minimum absolute atomic E-state index is 0.0713. The molecule has 0 radical (unpaired) electrons. The molecule has 1 saturated heterocycles. The van der Waals surface area contributed by atoms with Crippen LogP contribution in [0.4, 0.5) is 14.9 Å². The lowest BCUT2D eigenvalue weighted by Crippen LogP contribution is -2.46. The Morgan fingerprint density at radius 1 is 0.795 bits per heavy atom. The highest BCUT2D eigenvalue weighted by atomic mass is 19.1. The molecule has 0 aromatic heterocycles. The fourth-order valence-corrected chi connectivity index (χ4v) is 4.48. The summed E-state index contributed by atoms with van der Waals surface area (Å²) in [7, 11) is 0. The molecule has 2 unspecified atom stereocenters. The Kier molecular flexibility index (Phi) is 7.63. The van der Waals surface area contributed by atoms with Gasteiger partial charge in [-0.25, -0.2) is 9.18 Å². The zero-order chi connectivity index (χ0) is 27.2. The number of halogens is 1. The van der Waals surface area contributed by atoms with Crippen LogP contribution in [0, 0.1) is 5.82 Å². The quantitative estimate of drug-likeness (QED) is 0.321. The Labute approximate surface area is 225 Å². The lowest BCUT2D eigenvalue weighted by atomic mass is 10.00. The molecule has 1 aliphatic rings. The second-order valence-electron chi connectivity index (χ2n) is 9.12. The van der Waals surface area contributed by atoms with E-state index in [9.17, 15) is 18.8 Å². The van der Waals surface area contributed by atoms with Gasteiger partial charge in [0.25, 0.3) is 5.91 Å². The first-order valence-corrected chi connectivity index (χ1v) is 12.5. The molecule has 0 spiro atoms. The van der Waals surface area contributed by atoms with E-state index in [4.69, 9.17) is 4.74 Å². The van der Waals surface area contributed by atoms with Gasteiger partial charge in [-0.15, -0.1) is 0 Å². The number of nitrogens with zero attached hydrogens (tertiary/aromatic N) is 1. The summed E-state index contributed by atoms with van der Waals surface area (Å²) >= 11 is 0. The van der Waals surface area contributed by atoms with E-state index < -0.39 is 30.0 Å². The topological polar surface area (TPSA) is 87.7 Å². The largest absolute Gasteiger partial charge is 0.438 e. The minimum Gasteiger partial charge on any atom is -0.438 e. The van der Waals surface area contributed by atoms with E-state index in [2.05, 4.69) is 10.6 Å². The van der Waals surface area contributed by atoms with E-state index in [-0.39, 0.29) is 18.0 Å². The summed E-state index contributed by atoms with van der Waals surface area (Å²) in [6.07, 6.45) is -1.46. The molecule has 4 aromatic carbocycles. The molecular formula is C31H26FN3O4. The Hall–Kier alpha value is -4.98. The van der Waals surface area contributed by atoms with Crippen LogP contribution in [0.5, 0.6) is 0 Å². The van der Waals surface area contributed by atoms with Crippen LogP contribution in [-0.4, -0.2) is 28.8 Å². The zero-order valence-corrected chi connectivity index (χ0v) is 20.9. The van der Waals surface area contributed by atoms with Crippen LogP contribution >= 0.6 is 0 Å². The van der Waals surface area contributed by atoms with Crippen LogP contribution in [0.1, 0.15) is 33.2 Å². The van der Waals surface area contributed by atoms with Gasteiger partial charge in [0.1, 0.15) is 5.82 Å². The van der Waals surface area contributed by atoms with Crippen molar-refractivity contribution in [2.45, 2.75) is 25.2 Å². The van der Waals surface area contributed by atoms with E-state index in [0.717, 1.165) is 11.1 Å². The van der Waals surface area contributed by atoms with Crippen LogP contribution in [-0.2, 0) is 22.6 Å². The van der Waals surface area contributed by atoms with Crippen LogP contribution in [0.25, 0.3) is 0 Å². The minimum atomic E-state index is -0.916. The number of rotatable bonds is 8. The van der Waals surface area contributed by atoms with E-state index >= 15 is 0 Å². The van der Waals surface area contributed by atoms with Crippen molar-refractivity contribution in [1.82, 2.24) is 10.2 Å². The van der Waals surface area contributed by atoms with Crippen molar-refractivity contribution in [2.24, 2.45) is 0 Å². The summed E-state index contributed by atoms with van der Waals surface area (Å²) in [6, 6.07) is 30.3. The van der Waals surface area contributed by atoms with Crippen LogP contribution < -0.4 is 10.6 Å². The summed E-state index contributed by atoms with van der Waals surface area (Å²) in [4.78, 5) is 40.4. The van der Waals surface area contributed by atoms with Gasteiger partial charge in [-0.05, 0) is 41.0 Å². The number of hydrogen-bond donors (Lipinski definition) is 2. The summed E-state index contributed by atoms with van der Waals surface area (Å²) < 4.78 is 19.7. The smallest absolute Gasteiger partial charge is 0.411 e. The third-order valence-electron chi connectivity index (χ3n) is 6.47. The van der Waals surface area contributed by atoms with Crippen molar-refractivity contribution in [3.8, 4) is 0 Å². The predicted octanol–water partition coefficient (Wildman–Crippen LogP) is 5.46. The predicted molar refractivity (Wildman–Crippen MR) is 144 cm³/mol. The molecule has 0 bridgehead atoms. The maximum Gasteiger partial charge on any atom is 0.411 e. The Balaban J connectivity index is 1.36. The van der Waals surface area contributed by atoms with Crippen LogP contribution in [0.3, 0.4) is 0 Å². The second kappa shape index (κ2) is 11.6. The summed E-state index contributed by atoms with van der Waals surface area (Å²) in [6.45, 7) is 0.508. The van der Waals surface area contributed by atoms with Crippen molar-refractivity contribution in [3.05, 3.63) is 137 Å². The highest BCUT2D eigenvalue weighted by Gasteiger charge is 2.46. The molecule has 2 atom stereocenters. The Morgan fingerprint density at radius 3 is 2.08 bits per heavy atom. The third kappa shape index (κ3) is 5.96. The highest BCUT2D eigenvalue weighted by Crippen LogP contribution is 2.34. The van der Waals surface area contributed by atoms with Gasteiger partial charge in [0.15, 0.2) is 12.1 Å². The average molecular weight is 524 g/mol. The number of ether oxygens (including phenoxy) is 1. The number of hydrogen-bond acceptors (Lipinski definition) is 4. The normalized spacial score (nSPS) is 16.4. The molecule has 5 rings (SSSR count). The Morgan fingerprint density at radius 2 is 1.41 bits per heavy atom. The van der Waals surface area contributed by atoms with Crippen molar-refractivity contribution in [3.63, 3.8) is 0 Å². The van der Waals surface area contributed by atoms with Gasteiger partial charge >= 0.3 is 6.09 Å². The molecule has 196 valence electrons. The van der Waals surface area contributed by atoms with Crippen molar-refractivity contribution in [2.75, 3.05) is 5.32 Å². The van der Waals surface area contributed by atoms with Crippen LogP contribution in [0.2, 0.25) is 0 Å². The van der Waals surface area contributed by atoms with E-state index in [1.54, 1.807) is 30.3 Å². The standard InChI is InChI=1S/C31H26FN3O4/c32-26-14-8-7-13-25(26)29(36)34-24-17-15-23(16-18-24)28-27(30(37)33-19-21-9-3-1-4-10-21)35(31(38)39-28)20-22-11-5-2-6-12-22/h1-18,27-28H,19-20H2,(H,33,37)(H,34,36). The number of nitrogens with one attached hydrogen (secondary N) is 2. The first-order chi connectivity index (χ1) is 19.0. The molecule has 4 aromatic rings. The van der Waals surface area contributed by atoms with Gasteiger partial charge in [0.05, 0.1) is 12.1 Å². The summed E-state index contributed by atoms with van der Waals surface area (Å²) in [5.74, 6) is -1.55. The first-order valence-electron chi connectivity index (χ1n) is 12.5. The third-order valence-corrected chi connectivity index (χ3v) is 6.47. The van der Waals surface area contributed by atoms with Crippen LogP contribution in [0.15, 0.2) is 109 Å². The van der Waals surface area contributed by atoms with E-state index in [1.807, 2.05) is 60.7 Å². The maximum absolute atomic E-state index is 14.0. The van der Waals surface area contributed by atoms with Gasteiger partial charge in [0.2, 0.25) is 5.91 Å².